The Balaban J connectivity index is 1.64. The Labute approximate surface area is 145 Å². The molecule has 1 saturated heterocycles. The molecule has 0 saturated carbocycles. The lowest BCUT2D eigenvalue weighted by atomic mass is 10.0. The van der Waals surface area contributed by atoms with Crippen molar-refractivity contribution in [1.29, 1.82) is 0 Å². The summed E-state index contributed by atoms with van der Waals surface area (Å²) in [5, 5.41) is 6.64. The van der Waals surface area contributed by atoms with Gasteiger partial charge in [0.05, 0.1) is 31.0 Å². The van der Waals surface area contributed by atoms with E-state index in [1.807, 2.05) is 0 Å². The molecule has 3 heterocycles. The number of carbonyl (C=O) groups is 1. The SMILES string of the molecule is COCc1c(C(=O)NCc2ccnc(C3CCCOC3)n2)noc1C. The van der Waals surface area contributed by atoms with Crippen molar-refractivity contribution < 1.29 is 18.8 Å². The van der Waals surface area contributed by atoms with Gasteiger partial charge in [0.15, 0.2) is 5.69 Å². The van der Waals surface area contributed by atoms with Crippen molar-refractivity contribution in [2.24, 2.45) is 0 Å². The highest BCUT2D eigenvalue weighted by molar-refractivity contribution is 5.93. The van der Waals surface area contributed by atoms with Crippen LogP contribution in [0.3, 0.4) is 0 Å². The van der Waals surface area contributed by atoms with Gasteiger partial charge in [-0.2, -0.15) is 0 Å². The number of amides is 1. The molecule has 0 spiro atoms. The van der Waals surface area contributed by atoms with Gasteiger partial charge >= 0.3 is 0 Å². The normalized spacial score (nSPS) is 17.4. The zero-order valence-corrected chi connectivity index (χ0v) is 14.4. The fourth-order valence-electron chi connectivity index (χ4n) is 2.79. The van der Waals surface area contributed by atoms with Crippen LogP contribution in [0.1, 0.15) is 52.1 Å². The van der Waals surface area contributed by atoms with Gasteiger partial charge in [-0.3, -0.25) is 4.79 Å². The number of aryl methyl sites for hydroxylation is 1. The minimum absolute atomic E-state index is 0.218. The summed E-state index contributed by atoms with van der Waals surface area (Å²) in [4.78, 5) is 21.3. The van der Waals surface area contributed by atoms with E-state index in [-0.39, 0.29) is 24.1 Å². The molecule has 1 aliphatic heterocycles. The van der Waals surface area contributed by atoms with Gasteiger partial charge in [0.2, 0.25) is 0 Å². The number of carbonyl (C=O) groups excluding carboxylic acids is 1. The molecule has 1 amide bonds. The van der Waals surface area contributed by atoms with Crippen LogP contribution in [-0.2, 0) is 22.6 Å². The highest BCUT2D eigenvalue weighted by Crippen LogP contribution is 2.22. The van der Waals surface area contributed by atoms with E-state index in [1.54, 1.807) is 26.3 Å². The Morgan fingerprint density at radius 1 is 1.48 bits per heavy atom. The summed E-state index contributed by atoms with van der Waals surface area (Å²) in [7, 11) is 1.56. The molecule has 2 aromatic rings. The molecule has 8 heteroatoms. The van der Waals surface area contributed by atoms with Gasteiger partial charge in [-0.15, -0.1) is 0 Å². The topological polar surface area (TPSA) is 99.4 Å². The molecule has 0 radical (unpaired) electrons. The highest BCUT2D eigenvalue weighted by Gasteiger charge is 2.21. The van der Waals surface area contributed by atoms with E-state index < -0.39 is 0 Å². The second kappa shape index (κ2) is 8.17. The van der Waals surface area contributed by atoms with Crippen LogP contribution in [-0.4, -0.2) is 41.4 Å². The van der Waals surface area contributed by atoms with Crippen molar-refractivity contribution in [1.82, 2.24) is 20.4 Å². The van der Waals surface area contributed by atoms with Gasteiger partial charge in [0, 0.05) is 25.8 Å². The number of rotatable bonds is 6. The Kier molecular flexibility index (Phi) is 5.72. The maximum absolute atomic E-state index is 12.4. The molecule has 1 aliphatic rings. The van der Waals surface area contributed by atoms with E-state index in [4.69, 9.17) is 14.0 Å². The molecule has 1 unspecified atom stereocenters. The minimum atomic E-state index is -0.315. The van der Waals surface area contributed by atoms with Crippen molar-refractivity contribution in [3.05, 3.63) is 40.8 Å². The first-order valence-corrected chi connectivity index (χ1v) is 8.31. The van der Waals surface area contributed by atoms with Crippen molar-refractivity contribution in [3.63, 3.8) is 0 Å². The fraction of sp³-hybridized carbons (Fsp3) is 0.529. The van der Waals surface area contributed by atoms with E-state index in [9.17, 15) is 4.79 Å². The van der Waals surface area contributed by atoms with Crippen molar-refractivity contribution >= 4 is 5.91 Å². The van der Waals surface area contributed by atoms with Crippen LogP contribution in [0.2, 0.25) is 0 Å². The van der Waals surface area contributed by atoms with Gasteiger partial charge in [0.25, 0.3) is 5.91 Å². The van der Waals surface area contributed by atoms with Gasteiger partial charge in [-0.25, -0.2) is 9.97 Å². The molecule has 25 heavy (non-hydrogen) atoms. The van der Waals surface area contributed by atoms with E-state index in [2.05, 4.69) is 20.4 Å². The van der Waals surface area contributed by atoms with Crippen LogP contribution in [0.4, 0.5) is 0 Å². The zero-order chi connectivity index (χ0) is 17.6. The second-order valence-electron chi connectivity index (χ2n) is 6.00. The van der Waals surface area contributed by atoms with Gasteiger partial charge in [0.1, 0.15) is 11.6 Å². The molecule has 134 valence electrons. The Hall–Kier alpha value is -2.32. The average molecular weight is 346 g/mol. The lowest BCUT2D eigenvalue weighted by Crippen LogP contribution is -2.25. The number of hydrogen-bond acceptors (Lipinski definition) is 7. The van der Waals surface area contributed by atoms with E-state index in [0.29, 0.717) is 24.5 Å². The van der Waals surface area contributed by atoms with Gasteiger partial charge in [-0.1, -0.05) is 5.16 Å². The third-order valence-electron chi connectivity index (χ3n) is 4.18. The molecule has 3 rings (SSSR count). The molecule has 0 aromatic carbocycles. The van der Waals surface area contributed by atoms with Crippen LogP contribution in [0, 0.1) is 6.92 Å². The van der Waals surface area contributed by atoms with Crippen LogP contribution in [0.25, 0.3) is 0 Å². The van der Waals surface area contributed by atoms with E-state index in [0.717, 1.165) is 31.0 Å². The second-order valence-corrected chi connectivity index (χ2v) is 6.00. The number of hydrogen-bond donors (Lipinski definition) is 1. The molecule has 0 bridgehead atoms. The molecule has 1 N–H and O–H groups in total. The number of nitrogens with zero attached hydrogens (tertiary/aromatic N) is 3. The molecular formula is C17H22N4O4. The van der Waals surface area contributed by atoms with Crippen LogP contribution in [0.5, 0.6) is 0 Å². The first-order chi connectivity index (χ1) is 12.2. The number of nitrogens with one attached hydrogen (secondary N) is 1. The summed E-state index contributed by atoms with van der Waals surface area (Å²) < 4.78 is 15.7. The largest absolute Gasteiger partial charge is 0.381 e. The number of ether oxygens (including phenoxy) is 2. The maximum atomic E-state index is 12.4. The highest BCUT2D eigenvalue weighted by atomic mass is 16.5. The smallest absolute Gasteiger partial charge is 0.274 e. The number of aromatic nitrogens is 3. The molecule has 2 aromatic heterocycles. The standard InChI is InChI=1S/C17H22N4O4/c1-11-14(10-23-2)15(21-25-11)17(22)19-8-13-5-6-18-16(20-13)12-4-3-7-24-9-12/h5-6,12H,3-4,7-10H2,1-2H3,(H,19,22). The Morgan fingerprint density at radius 3 is 3.12 bits per heavy atom. The summed E-state index contributed by atoms with van der Waals surface area (Å²) in [6, 6.07) is 1.79. The fourth-order valence-corrected chi connectivity index (χ4v) is 2.79. The molecular weight excluding hydrogens is 324 g/mol. The monoisotopic (exact) mass is 346 g/mol. The summed E-state index contributed by atoms with van der Waals surface area (Å²) >= 11 is 0. The maximum Gasteiger partial charge on any atom is 0.274 e. The van der Waals surface area contributed by atoms with Crippen LogP contribution >= 0.6 is 0 Å². The Morgan fingerprint density at radius 2 is 2.36 bits per heavy atom. The van der Waals surface area contributed by atoms with E-state index in [1.165, 1.54) is 0 Å². The summed E-state index contributed by atoms with van der Waals surface area (Å²) in [5.41, 5.74) is 1.65. The molecule has 1 atom stereocenters. The van der Waals surface area contributed by atoms with Gasteiger partial charge in [-0.05, 0) is 25.8 Å². The summed E-state index contributed by atoms with van der Waals surface area (Å²) in [5.74, 6) is 1.25. The molecule has 0 aliphatic carbocycles. The lowest BCUT2D eigenvalue weighted by molar-refractivity contribution is 0.0779. The first-order valence-electron chi connectivity index (χ1n) is 8.31. The third-order valence-corrected chi connectivity index (χ3v) is 4.18. The summed E-state index contributed by atoms with van der Waals surface area (Å²) in [6.07, 6.45) is 3.76. The zero-order valence-electron chi connectivity index (χ0n) is 14.4. The van der Waals surface area contributed by atoms with Crippen LogP contribution < -0.4 is 5.32 Å². The minimum Gasteiger partial charge on any atom is -0.381 e. The third kappa shape index (κ3) is 4.21. The summed E-state index contributed by atoms with van der Waals surface area (Å²) in [6.45, 7) is 3.76. The molecule has 1 fully saturated rings. The lowest BCUT2D eigenvalue weighted by Gasteiger charge is -2.20. The Bertz CT molecular complexity index is 725. The van der Waals surface area contributed by atoms with E-state index >= 15 is 0 Å². The van der Waals surface area contributed by atoms with Gasteiger partial charge < -0.3 is 19.3 Å². The first kappa shape index (κ1) is 17.5. The predicted molar refractivity (Wildman–Crippen MR) is 87.9 cm³/mol. The van der Waals surface area contributed by atoms with Crippen molar-refractivity contribution in [2.75, 3.05) is 20.3 Å². The molecule has 8 nitrogen and oxygen atoms in total. The average Bonchev–Trinajstić information content (AvgIpc) is 3.02. The van der Waals surface area contributed by atoms with Crippen molar-refractivity contribution in [3.8, 4) is 0 Å². The van der Waals surface area contributed by atoms with Crippen molar-refractivity contribution in [2.45, 2.75) is 38.8 Å². The quantitative estimate of drug-likeness (QED) is 0.850. The predicted octanol–water partition coefficient (Wildman–Crippen LogP) is 1.74. The van der Waals surface area contributed by atoms with Crippen LogP contribution in [0.15, 0.2) is 16.8 Å². The number of methoxy groups -OCH3 is 1.